The summed E-state index contributed by atoms with van der Waals surface area (Å²) in [6.07, 6.45) is 3.91. The number of aliphatic carboxylic acids is 1. The minimum Gasteiger partial charge on any atom is -0.481 e. The molecule has 12 heavy (non-hydrogen) atoms. The number of hydrogen-bond donors (Lipinski definition) is 1. The molecule has 66 valence electrons. The molecule has 1 rings (SSSR count). The van der Waals surface area contributed by atoms with Gasteiger partial charge in [0.25, 0.3) is 5.22 Å². The normalized spacial score (nSPS) is 10.0. The van der Waals surface area contributed by atoms with Gasteiger partial charge < -0.3 is 9.52 Å². The average Bonchev–Trinajstić information content (AvgIpc) is 2.49. The predicted octanol–water partition coefficient (Wildman–Crippen LogP) is 1.63. The van der Waals surface area contributed by atoms with Crippen LogP contribution in [0.1, 0.15) is 12.8 Å². The molecule has 0 aliphatic rings. The van der Waals surface area contributed by atoms with Crippen LogP contribution in [0.15, 0.2) is 22.1 Å². The zero-order valence-corrected chi connectivity index (χ0v) is 7.21. The molecule has 1 heterocycles. The molecule has 0 aromatic carbocycles. The van der Waals surface area contributed by atoms with Gasteiger partial charge in [-0.15, -0.1) is 0 Å². The van der Waals surface area contributed by atoms with Crippen LogP contribution < -0.4 is 0 Å². The van der Waals surface area contributed by atoms with Crippen LogP contribution >= 0.6 is 11.8 Å². The van der Waals surface area contributed by atoms with Crippen molar-refractivity contribution in [3.8, 4) is 0 Å². The minimum atomic E-state index is -0.761. The van der Waals surface area contributed by atoms with E-state index in [1.54, 1.807) is 6.20 Å². The third-order valence-corrected chi connectivity index (χ3v) is 2.11. The van der Waals surface area contributed by atoms with Crippen LogP contribution in [-0.2, 0) is 4.79 Å². The van der Waals surface area contributed by atoms with E-state index in [9.17, 15) is 4.79 Å². The Hall–Kier alpha value is -0.970. The quantitative estimate of drug-likeness (QED) is 0.560. The summed E-state index contributed by atoms with van der Waals surface area (Å²) in [6.45, 7) is 0. The number of carboxylic acids is 1. The van der Waals surface area contributed by atoms with Crippen molar-refractivity contribution in [1.82, 2.24) is 4.98 Å². The van der Waals surface area contributed by atoms with E-state index in [4.69, 9.17) is 9.52 Å². The number of aromatic nitrogens is 1. The fourth-order valence-electron chi connectivity index (χ4n) is 0.665. The van der Waals surface area contributed by atoms with Gasteiger partial charge in [0.2, 0.25) is 0 Å². The summed E-state index contributed by atoms with van der Waals surface area (Å²) < 4.78 is 4.94. The Balaban J connectivity index is 2.07. The molecule has 0 fully saturated rings. The minimum absolute atomic E-state index is 0.202. The molecule has 0 aliphatic heterocycles. The van der Waals surface area contributed by atoms with Gasteiger partial charge in [0.15, 0.2) is 0 Å². The van der Waals surface area contributed by atoms with Crippen LogP contribution in [0.4, 0.5) is 0 Å². The second-order valence-electron chi connectivity index (χ2n) is 2.14. The van der Waals surface area contributed by atoms with Crippen LogP contribution in [0.3, 0.4) is 0 Å². The van der Waals surface area contributed by atoms with Gasteiger partial charge in [0, 0.05) is 12.2 Å². The van der Waals surface area contributed by atoms with Crippen LogP contribution in [0.5, 0.6) is 0 Å². The second-order valence-corrected chi connectivity index (χ2v) is 3.19. The lowest BCUT2D eigenvalue weighted by Gasteiger charge is -1.93. The van der Waals surface area contributed by atoms with Crippen molar-refractivity contribution in [3.63, 3.8) is 0 Å². The molecule has 0 spiro atoms. The smallest absolute Gasteiger partial charge is 0.303 e. The van der Waals surface area contributed by atoms with Crippen molar-refractivity contribution in [2.75, 3.05) is 5.75 Å². The second kappa shape index (κ2) is 4.82. The number of thioether (sulfide) groups is 1. The Labute approximate surface area is 74.0 Å². The fourth-order valence-corrected chi connectivity index (χ4v) is 1.39. The first-order valence-electron chi connectivity index (χ1n) is 3.53. The third-order valence-electron chi connectivity index (χ3n) is 1.17. The van der Waals surface area contributed by atoms with E-state index in [2.05, 4.69) is 4.98 Å². The van der Waals surface area contributed by atoms with Gasteiger partial charge in [-0.05, 0) is 6.42 Å². The van der Waals surface area contributed by atoms with E-state index in [1.807, 2.05) is 0 Å². The number of oxazole rings is 1. The predicted molar refractivity (Wildman–Crippen MR) is 44.1 cm³/mol. The highest BCUT2D eigenvalue weighted by molar-refractivity contribution is 7.99. The number of rotatable bonds is 5. The molecule has 0 saturated carbocycles. The van der Waals surface area contributed by atoms with Crippen LogP contribution in [0, 0.1) is 0 Å². The largest absolute Gasteiger partial charge is 0.481 e. The molecule has 1 N–H and O–H groups in total. The molecule has 0 atom stereocenters. The molecule has 1 aromatic rings. The Bertz CT molecular complexity index is 235. The van der Waals surface area contributed by atoms with Crippen LogP contribution in [0.25, 0.3) is 0 Å². The molecule has 0 amide bonds. The Morgan fingerprint density at radius 3 is 3.17 bits per heavy atom. The average molecular weight is 187 g/mol. The fraction of sp³-hybridized carbons (Fsp3) is 0.429. The van der Waals surface area contributed by atoms with Gasteiger partial charge in [-0.25, -0.2) is 4.98 Å². The van der Waals surface area contributed by atoms with E-state index in [-0.39, 0.29) is 6.42 Å². The van der Waals surface area contributed by atoms with E-state index in [1.165, 1.54) is 18.0 Å². The molecule has 0 saturated heterocycles. The lowest BCUT2D eigenvalue weighted by Crippen LogP contribution is -1.94. The lowest BCUT2D eigenvalue weighted by atomic mass is 10.3. The summed E-state index contributed by atoms with van der Waals surface area (Å²) in [5.41, 5.74) is 0. The maximum atomic E-state index is 10.1. The van der Waals surface area contributed by atoms with E-state index in [0.717, 1.165) is 5.75 Å². The Kier molecular flexibility index (Phi) is 3.66. The highest BCUT2D eigenvalue weighted by Gasteiger charge is 2.00. The molecule has 0 aliphatic carbocycles. The first-order chi connectivity index (χ1) is 5.79. The number of hydrogen-bond acceptors (Lipinski definition) is 4. The summed E-state index contributed by atoms with van der Waals surface area (Å²) in [4.78, 5) is 14.0. The lowest BCUT2D eigenvalue weighted by molar-refractivity contribution is -0.137. The van der Waals surface area contributed by atoms with Crippen molar-refractivity contribution in [1.29, 1.82) is 0 Å². The maximum Gasteiger partial charge on any atom is 0.303 e. The zero-order valence-electron chi connectivity index (χ0n) is 6.40. The van der Waals surface area contributed by atoms with Crippen molar-refractivity contribution in [2.45, 2.75) is 18.1 Å². The molecule has 1 aromatic heterocycles. The zero-order chi connectivity index (χ0) is 8.81. The topological polar surface area (TPSA) is 63.3 Å². The first-order valence-corrected chi connectivity index (χ1v) is 4.51. The Morgan fingerprint density at radius 1 is 1.75 bits per heavy atom. The Morgan fingerprint density at radius 2 is 2.58 bits per heavy atom. The van der Waals surface area contributed by atoms with Crippen molar-refractivity contribution in [3.05, 3.63) is 12.5 Å². The van der Waals surface area contributed by atoms with Crippen molar-refractivity contribution < 1.29 is 14.3 Å². The van der Waals surface area contributed by atoms with Crippen molar-refractivity contribution in [2.24, 2.45) is 0 Å². The molecule has 0 radical (unpaired) electrons. The number of nitrogens with zero attached hydrogens (tertiary/aromatic N) is 1. The van der Waals surface area contributed by atoms with Gasteiger partial charge in [-0.2, -0.15) is 0 Å². The molecule has 4 nitrogen and oxygen atoms in total. The van der Waals surface area contributed by atoms with Crippen molar-refractivity contribution >= 4 is 17.7 Å². The molecule has 0 unspecified atom stereocenters. The van der Waals surface area contributed by atoms with E-state index >= 15 is 0 Å². The van der Waals surface area contributed by atoms with Gasteiger partial charge >= 0.3 is 5.97 Å². The van der Waals surface area contributed by atoms with Gasteiger partial charge in [-0.1, -0.05) is 11.8 Å². The van der Waals surface area contributed by atoms with Gasteiger partial charge in [0.1, 0.15) is 6.26 Å². The maximum absolute atomic E-state index is 10.1. The SMILES string of the molecule is O=C(O)CCCSc1ncco1. The highest BCUT2D eigenvalue weighted by Crippen LogP contribution is 2.15. The standard InChI is InChI=1S/C7H9NO3S/c9-6(10)2-1-5-12-7-8-3-4-11-7/h3-4H,1-2,5H2,(H,9,10). The summed E-state index contributed by atoms with van der Waals surface area (Å²) >= 11 is 1.43. The summed E-state index contributed by atoms with van der Waals surface area (Å²) in [7, 11) is 0. The van der Waals surface area contributed by atoms with Crippen LogP contribution in [-0.4, -0.2) is 21.8 Å². The van der Waals surface area contributed by atoms with Gasteiger partial charge in [0.05, 0.1) is 6.20 Å². The van der Waals surface area contributed by atoms with Gasteiger partial charge in [-0.3, -0.25) is 4.79 Å². The first kappa shape index (κ1) is 9.12. The summed E-state index contributed by atoms with van der Waals surface area (Å²) in [6, 6.07) is 0. The molecule has 0 bridgehead atoms. The third kappa shape index (κ3) is 3.43. The van der Waals surface area contributed by atoms with E-state index < -0.39 is 5.97 Å². The molecular formula is C7H9NO3S. The highest BCUT2D eigenvalue weighted by atomic mass is 32.2. The summed E-state index contributed by atoms with van der Waals surface area (Å²) in [5, 5.41) is 8.92. The van der Waals surface area contributed by atoms with E-state index in [0.29, 0.717) is 11.6 Å². The number of carboxylic acid groups (broad SMARTS) is 1. The van der Waals surface area contributed by atoms with Crippen LogP contribution in [0.2, 0.25) is 0 Å². The molecule has 5 heteroatoms. The summed E-state index contributed by atoms with van der Waals surface area (Å²) in [5.74, 6) is -0.0321. The molecular weight excluding hydrogens is 178 g/mol. The monoisotopic (exact) mass is 187 g/mol. The number of carbonyl (C=O) groups is 1.